The highest BCUT2D eigenvalue weighted by Gasteiger charge is 1.82. The van der Waals surface area contributed by atoms with Gasteiger partial charge in [-0.3, -0.25) is 0 Å². The van der Waals surface area contributed by atoms with Gasteiger partial charge in [0.25, 0.3) is 0 Å². The third-order valence-corrected chi connectivity index (χ3v) is 3.69. The van der Waals surface area contributed by atoms with Gasteiger partial charge in [0.2, 0.25) is 0 Å². The molecule has 0 bridgehead atoms. The maximum absolute atomic E-state index is 5.23. The van der Waals surface area contributed by atoms with E-state index in [-0.39, 0.29) is 0 Å². The van der Waals surface area contributed by atoms with Crippen LogP contribution in [0.2, 0.25) is 0 Å². The van der Waals surface area contributed by atoms with Crippen LogP contribution in [0, 0.1) is 6.58 Å². The third-order valence-electron chi connectivity index (χ3n) is 3.69. The summed E-state index contributed by atoms with van der Waals surface area (Å²) in [6.07, 6.45) is 52.0. The number of rotatable bonds is 16. The van der Waals surface area contributed by atoms with Crippen LogP contribution in [0.15, 0.2) is 140 Å². The molecular weight excluding hydrogens is 360 g/mol. The van der Waals surface area contributed by atoms with Crippen molar-refractivity contribution in [3.8, 4) is 0 Å². The fourth-order valence-electron chi connectivity index (χ4n) is 2.15. The zero-order valence-electron chi connectivity index (χ0n) is 18.4. The van der Waals surface area contributed by atoms with Gasteiger partial charge in [0, 0.05) is 0 Å². The third kappa shape index (κ3) is 24.9. The Morgan fingerprint density at radius 1 is 0.400 bits per heavy atom. The van der Waals surface area contributed by atoms with Crippen molar-refractivity contribution < 1.29 is 0 Å². The van der Waals surface area contributed by atoms with Gasteiger partial charge in [0.1, 0.15) is 0 Å². The molecule has 1 radical (unpaired) electrons. The first-order chi connectivity index (χ1) is 14.9. The van der Waals surface area contributed by atoms with Crippen LogP contribution in [0.3, 0.4) is 0 Å². The molecule has 0 unspecified atom stereocenters. The Morgan fingerprint density at radius 2 is 0.733 bits per heavy atom. The van der Waals surface area contributed by atoms with E-state index in [9.17, 15) is 0 Å². The Balaban J connectivity index is 3.85. The fraction of sp³-hybridized carbons (Fsp3) is 0.200. The SMILES string of the molecule is [CH]=C/C=C/C=C/C=C/C=C/C=C/C=C/C=C/C=C/C=C/C=C/C=C/CCCCCC. The van der Waals surface area contributed by atoms with Crippen molar-refractivity contribution >= 4 is 0 Å². The standard InChI is InChI=1S/C30H37/c1-3-5-7-9-11-13-15-17-19-21-23-25-27-29-30-28-26-24-22-20-18-16-14-12-10-8-6-4-2/h1,3,5,7,9,11,13-30H,4,6,8,10,12H2,2H3/b3-1?,7-5+,11-9+,15-13+,16-14+,19-17+,20-18+,23-21+,24-22+,27-25+,28-26+,30-29+. The molecule has 0 spiro atoms. The molecular formula is C30H37. The molecule has 0 amide bonds. The van der Waals surface area contributed by atoms with E-state index in [1.54, 1.807) is 6.08 Å². The summed E-state index contributed by atoms with van der Waals surface area (Å²) in [5.74, 6) is 0. The van der Waals surface area contributed by atoms with Gasteiger partial charge in [-0.05, 0) is 12.8 Å². The van der Waals surface area contributed by atoms with Crippen molar-refractivity contribution in [3.63, 3.8) is 0 Å². The highest BCUT2D eigenvalue weighted by Crippen LogP contribution is 2.02. The van der Waals surface area contributed by atoms with Crippen LogP contribution in [0.4, 0.5) is 0 Å². The van der Waals surface area contributed by atoms with E-state index in [0.717, 1.165) is 0 Å². The molecule has 0 N–H and O–H groups in total. The maximum Gasteiger partial charge on any atom is -0.0348 e. The minimum Gasteiger partial charge on any atom is -0.0845 e. The van der Waals surface area contributed by atoms with Crippen molar-refractivity contribution in [2.24, 2.45) is 0 Å². The summed E-state index contributed by atoms with van der Waals surface area (Å²) in [5.41, 5.74) is 0. The van der Waals surface area contributed by atoms with Gasteiger partial charge in [-0.1, -0.05) is 173 Å². The average molecular weight is 398 g/mol. The Bertz CT molecular complexity index is 707. The number of hydrogen-bond donors (Lipinski definition) is 0. The van der Waals surface area contributed by atoms with Gasteiger partial charge in [0.05, 0.1) is 0 Å². The number of hydrogen-bond acceptors (Lipinski definition) is 0. The van der Waals surface area contributed by atoms with Gasteiger partial charge in [0.15, 0.2) is 0 Å². The van der Waals surface area contributed by atoms with E-state index < -0.39 is 0 Å². The van der Waals surface area contributed by atoms with Gasteiger partial charge in [-0.15, -0.1) is 0 Å². The quantitative estimate of drug-likeness (QED) is 0.180. The summed E-state index contributed by atoms with van der Waals surface area (Å²) in [5, 5.41) is 0. The minimum absolute atomic E-state index is 1.18. The largest absolute Gasteiger partial charge is 0.0845 e. The molecule has 0 aromatic heterocycles. The van der Waals surface area contributed by atoms with E-state index in [4.69, 9.17) is 6.58 Å². The van der Waals surface area contributed by atoms with Crippen LogP contribution in [-0.4, -0.2) is 0 Å². The smallest absolute Gasteiger partial charge is 0.0348 e. The van der Waals surface area contributed by atoms with Crippen molar-refractivity contribution in [3.05, 3.63) is 146 Å². The van der Waals surface area contributed by atoms with Gasteiger partial charge < -0.3 is 0 Å². The van der Waals surface area contributed by atoms with E-state index in [2.05, 4.69) is 31.2 Å². The van der Waals surface area contributed by atoms with Crippen molar-refractivity contribution in [2.45, 2.75) is 39.0 Å². The lowest BCUT2D eigenvalue weighted by Crippen LogP contribution is -1.72. The number of unbranched alkanes of at least 4 members (excludes halogenated alkanes) is 4. The summed E-state index contributed by atoms with van der Waals surface area (Å²) in [6, 6.07) is 0. The molecule has 157 valence electrons. The Hall–Kier alpha value is -3.12. The number of allylic oxidation sites excluding steroid dienone is 23. The average Bonchev–Trinajstić information content (AvgIpc) is 2.76. The van der Waals surface area contributed by atoms with E-state index in [0.29, 0.717) is 0 Å². The molecule has 0 saturated heterocycles. The molecule has 0 nitrogen and oxygen atoms in total. The van der Waals surface area contributed by atoms with Gasteiger partial charge in [-0.2, -0.15) is 0 Å². The van der Waals surface area contributed by atoms with E-state index in [1.165, 1.54) is 38.2 Å². The lowest BCUT2D eigenvalue weighted by Gasteiger charge is -1.92. The highest BCUT2D eigenvalue weighted by atomic mass is 13.9. The molecule has 0 aromatic carbocycles. The molecule has 0 heteroatoms. The predicted molar refractivity (Wildman–Crippen MR) is 138 cm³/mol. The van der Waals surface area contributed by atoms with Crippen molar-refractivity contribution in [1.82, 2.24) is 0 Å². The molecule has 0 heterocycles. The van der Waals surface area contributed by atoms with Crippen molar-refractivity contribution in [2.75, 3.05) is 0 Å². The summed E-state index contributed by atoms with van der Waals surface area (Å²) in [4.78, 5) is 0. The van der Waals surface area contributed by atoms with Crippen LogP contribution in [0.5, 0.6) is 0 Å². The molecule has 0 aromatic rings. The molecule has 0 saturated carbocycles. The molecule has 0 aliphatic rings. The molecule has 0 atom stereocenters. The first-order valence-electron chi connectivity index (χ1n) is 10.8. The normalized spacial score (nSPS) is 14.2. The van der Waals surface area contributed by atoms with Gasteiger partial charge >= 0.3 is 0 Å². The zero-order valence-corrected chi connectivity index (χ0v) is 18.4. The predicted octanol–water partition coefficient (Wildman–Crippen LogP) is 9.06. The van der Waals surface area contributed by atoms with Crippen LogP contribution in [-0.2, 0) is 0 Å². The summed E-state index contributed by atoms with van der Waals surface area (Å²) in [6.45, 7) is 7.47. The van der Waals surface area contributed by atoms with Gasteiger partial charge in [-0.25, -0.2) is 0 Å². The fourth-order valence-corrected chi connectivity index (χ4v) is 2.15. The Kier molecular flexibility index (Phi) is 23.2. The van der Waals surface area contributed by atoms with Crippen molar-refractivity contribution in [1.29, 1.82) is 0 Å². The highest BCUT2D eigenvalue weighted by molar-refractivity contribution is 5.23. The topological polar surface area (TPSA) is 0 Å². The Morgan fingerprint density at radius 3 is 1.07 bits per heavy atom. The second-order valence-corrected chi connectivity index (χ2v) is 6.32. The molecule has 0 aliphatic heterocycles. The van der Waals surface area contributed by atoms with Crippen LogP contribution in [0.1, 0.15) is 39.0 Å². The summed E-state index contributed by atoms with van der Waals surface area (Å²) < 4.78 is 0. The van der Waals surface area contributed by atoms with Crippen LogP contribution < -0.4 is 0 Å². The summed E-state index contributed by atoms with van der Waals surface area (Å²) >= 11 is 0. The lowest BCUT2D eigenvalue weighted by molar-refractivity contribution is 0.674. The second-order valence-electron chi connectivity index (χ2n) is 6.32. The molecule has 0 rings (SSSR count). The van der Waals surface area contributed by atoms with E-state index in [1.807, 2.05) is 103 Å². The van der Waals surface area contributed by atoms with Crippen LogP contribution >= 0.6 is 0 Å². The second kappa shape index (κ2) is 25.9. The Labute approximate surface area is 185 Å². The molecule has 30 heavy (non-hydrogen) atoms. The first-order valence-corrected chi connectivity index (χ1v) is 10.8. The van der Waals surface area contributed by atoms with E-state index >= 15 is 0 Å². The molecule has 0 fully saturated rings. The van der Waals surface area contributed by atoms with Crippen LogP contribution in [0.25, 0.3) is 0 Å². The summed E-state index contributed by atoms with van der Waals surface area (Å²) in [7, 11) is 0. The monoisotopic (exact) mass is 397 g/mol. The maximum atomic E-state index is 5.23. The molecule has 0 aliphatic carbocycles. The lowest BCUT2D eigenvalue weighted by atomic mass is 10.1. The minimum atomic E-state index is 1.18. The first kappa shape index (κ1) is 26.9. The zero-order chi connectivity index (χ0) is 21.8.